The van der Waals surface area contributed by atoms with Gasteiger partial charge in [0.1, 0.15) is 5.75 Å². The molecule has 1 saturated heterocycles. The van der Waals surface area contributed by atoms with Gasteiger partial charge in [0.2, 0.25) is 5.91 Å². The Hall–Kier alpha value is -5.64. The smallest absolute Gasteiger partial charge is 0.269 e. The number of nitrogens with zero attached hydrogens (tertiary/aromatic N) is 3. The number of ether oxygens (including phenoxy) is 1. The molecule has 1 aliphatic heterocycles. The summed E-state index contributed by atoms with van der Waals surface area (Å²) in [7, 11) is 1.67. The second-order valence-corrected chi connectivity index (χ2v) is 10.7. The van der Waals surface area contributed by atoms with E-state index >= 15 is 0 Å². The van der Waals surface area contributed by atoms with Gasteiger partial charge in [0, 0.05) is 55.8 Å². The van der Waals surface area contributed by atoms with Crippen molar-refractivity contribution in [1.82, 2.24) is 5.32 Å². The van der Waals surface area contributed by atoms with Crippen LogP contribution in [-0.4, -0.2) is 50.0 Å². The summed E-state index contributed by atoms with van der Waals surface area (Å²) < 4.78 is 5.56. The molecule has 4 aromatic carbocycles. The Morgan fingerprint density at radius 3 is 2.18 bits per heavy atom. The van der Waals surface area contributed by atoms with E-state index < -0.39 is 10.8 Å². The Morgan fingerprint density at radius 2 is 1.51 bits per heavy atom. The molecule has 1 fully saturated rings. The summed E-state index contributed by atoms with van der Waals surface area (Å²) >= 11 is 0. The molecule has 0 aromatic heterocycles. The first-order valence-corrected chi connectivity index (χ1v) is 14.7. The van der Waals surface area contributed by atoms with Crippen molar-refractivity contribution in [3.05, 3.63) is 130 Å². The first kappa shape index (κ1) is 30.8. The van der Waals surface area contributed by atoms with Crippen LogP contribution in [0.1, 0.15) is 34.5 Å². The predicted molar refractivity (Wildman–Crippen MR) is 177 cm³/mol. The van der Waals surface area contributed by atoms with Crippen molar-refractivity contribution in [1.29, 1.82) is 0 Å². The van der Waals surface area contributed by atoms with Gasteiger partial charge in [0.15, 0.2) is 0 Å². The molecule has 1 heterocycles. The fraction of sp³-hybridized carbons (Fsp3) is 0.200. The number of amides is 2. The van der Waals surface area contributed by atoms with Gasteiger partial charge in [-0.05, 0) is 66.6 Å². The van der Waals surface area contributed by atoms with Gasteiger partial charge in [0.25, 0.3) is 11.6 Å². The van der Waals surface area contributed by atoms with Gasteiger partial charge >= 0.3 is 0 Å². The molecule has 1 atom stereocenters. The van der Waals surface area contributed by atoms with E-state index in [0.717, 1.165) is 35.8 Å². The monoisotopic (exact) mass is 605 g/mol. The molecule has 5 rings (SSSR count). The number of non-ortho nitro benzene ring substituents is 1. The van der Waals surface area contributed by atoms with Crippen LogP contribution in [0.3, 0.4) is 0 Å². The molecule has 45 heavy (non-hydrogen) atoms. The van der Waals surface area contributed by atoms with E-state index in [1.54, 1.807) is 37.5 Å². The molecule has 0 saturated carbocycles. The molecular formula is C35H35N5O5. The van der Waals surface area contributed by atoms with Gasteiger partial charge in [-0.3, -0.25) is 19.7 Å². The molecule has 2 N–H and O–H groups in total. The van der Waals surface area contributed by atoms with Crippen molar-refractivity contribution in [2.75, 3.05) is 48.4 Å². The molecule has 1 aliphatic rings. The zero-order chi connectivity index (χ0) is 31.8. The molecule has 0 radical (unpaired) electrons. The summed E-state index contributed by atoms with van der Waals surface area (Å²) in [6.07, 6.45) is 2.92. The minimum atomic E-state index is -0.474. The van der Waals surface area contributed by atoms with Crippen molar-refractivity contribution >= 4 is 40.6 Å². The highest BCUT2D eigenvalue weighted by atomic mass is 16.6. The maximum Gasteiger partial charge on any atom is 0.269 e. The van der Waals surface area contributed by atoms with E-state index in [0.29, 0.717) is 29.9 Å². The molecule has 0 aliphatic carbocycles. The zero-order valence-electron chi connectivity index (χ0n) is 25.2. The summed E-state index contributed by atoms with van der Waals surface area (Å²) in [6, 6.07) is 28.7. The Morgan fingerprint density at radius 1 is 0.867 bits per heavy atom. The maximum absolute atomic E-state index is 13.7. The number of methoxy groups -OCH3 is 1. The van der Waals surface area contributed by atoms with Crippen LogP contribution in [0.2, 0.25) is 0 Å². The lowest BCUT2D eigenvalue weighted by atomic mass is 10.1. The zero-order valence-corrected chi connectivity index (χ0v) is 25.2. The first-order valence-electron chi connectivity index (χ1n) is 14.7. The van der Waals surface area contributed by atoms with E-state index in [1.807, 2.05) is 67.6 Å². The van der Waals surface area contributed by atoms with Crippen LogP contribution in [0.15, 0.2) is 103 Å². The molecule has 4 aromatic rings. The van der Waals surface area contributed by atoms with Crippen molar-refractivity contribution in [2.45, 2.75) is 13.0 Å². The lowest BCUT2D eigenvalue weighted by Gasteiger charge is -2.38. The number of anilines is 3. The summed E-state index contributed by atoms with van der Waals surface area (Å²) in [6.45, 7) is 4.81. The normalized spacial score (nSPS) is 13.7. The van der Waals surface area contributed by atoms with Crippen LogP contribution < -0.4 is 25.2 Å². The fourth-order valence-corrected chi connectivity index (χ4v) is 5.31. The van der Waals surface area contributed by atoms with Gasteiger partial charge in [-0.15, -0.1) is 0 Å². The maximum atomic E-state index is 13.7. The Labute approximate surface area is 262 Å². The number of hydrogen-bond acceptors (Lipinski definition) is 7. The fourth-order valence-electron chi connectivity index (χ4n) is 5.31. The van der Waals surface area contributed by atoms with Crippen LogP contribution in [0.25, 0.3) is 6.08 Å². The largest absolute Gasteiger partial charge is 0.495 e. The molecule has 10 heteroatoms. The Balaban J connectivity index is 1.34. The predicted octanol–water partition coefficient (Wildman–Crippen LogP) is 6.07. The number of benzene rings is 4. The van der Waals surface area contributed by atoms with Crippen LogP contribution >= 0.6 is 0 Å². The lowest BCUT2D eigenvalue weighted by Crippen LogP contribution is -2.47. The molecule has 10 nitrogen and oxygen atoms in total. The highest BCUT2D eigenvalue weighted by Crippen LogP contribution is 2.31. The number of nitro benzene ring substituents is 1. The molecule has 230 valence electrons. The number of carbonyl (C=O) groups is 2. The number of nitro groups is 1. The highest BCUT2D eigenvalue weighted by molar-refractivity contribution is 6.05. The van der Waals surface area contributed by atoms with E-state index in [4.69, 9.17) is 4.74 Å². The number of piperazine rings is 1. The minimum absolute atomic E-state index is 0.0229. The van der Waals surface area contributed by atoms with Crippen molar-refractivity contribution in [3.8, 4) is 5.75 Å². The second kappa shape index (κ2) is 14.2. The molecule has 0 spiro atoms. The van der Waals surface area contributed by atoms with Gasteiger partial charge in [-0.25, -0.2) is 0 Å². The van der Waals surface area contributed by atoms with E-state index in [-0.39, 0.29) is 17.6 Å². The van der Waals surface area contributed by atoms with Crippen LogP contribution in [-0.2, 0) is 4.79 Å². The minimum Gasteiger partial charge on any atom is -0.495 e. The third-order valence-electron chi connectivity index (χ3n) is 7.73. The SMILES string of the molecule is COc1ccccc1N1CCN(c2ccc(NC(=O)/C=C/c3ccc([N+](=O)[O-])cc3)cc2C(=O)NC(C)c2ccccc2)CC1. The average molecular weight is 606 g/mol. The molecule has 1 unspecified atom stereocenters. The molecule has 2 amide bonds. The van der Waals surface area contributed by atoms with Crippen LogP contribution in [0.5, 0.6) is 5.75 Å². The van der Waals surface area contributed by atoms with Gasteiger partial charge < -0.3 is 25.2 Å². The summed E-state index contributed by atoms with van der Waals surface area (Å²) in [4.78, 5) is 41.4. The topological polar surface area (TPSA) is 117 Å². The third-order valence-corrected chi connectivity index (χ3v) is 7.73. The standard InChI is InChI=1S/C35H35N5O5/c1-25(27-8-4-3-5-9-27)36-35(42)30-24-28(37-34(41)19-14-26-12-16-29(17-13-26)40(43)44)15-18-31(30)38-20-22-39(23-21-38)32-10-6-7-11-33(32)45-2/h3-19,24-25H,20-23H2,1-2H3,(H,36,42)(H,37,41)/b19-14+. The lowest BCUT2D eigenvalue weighted by molar-refractivity contribution is -0.384. The Kier molecular flexibility index (Phi) is 9.74. The second-order valence-electron chi connectivity index (χ2n) is 10.7. The molecular weight excluding hydrogens is 570 g/mol. The van der Waals surface area contributed by atoms with Gasteiger partial charge in [-0.1, -0.05) is 42.5 Å². The van der Waals surface area contributed by atoms with Crippen LogP contribution in [0.4, 0.5) is 22.7 Å². The summed E-state index contributed by atoms with van der Waals surface area (Å²) in [5, 5.41) is 16.8. The summed E-state index contributed by atoms with van der Waals surface area (Å²) in [5.41, 5.74) is 4.36. The third kappa shape index (κ3) is 7.66. The number of para-hydroxylation sites is 2. The number of rotatable bonds is 10. The van der Waals surface area contributed by atoms with E-state index in [1.165, 1.54) is 18.2 Å². The summed E-state index contributed by atoms with van der Waals surface area (Å²) in [5.74, 6) is 0.185. The molecule has 0 bridgehead atoms. The Bertz CT molecular complexity index is 1680. The quantitative estimate of drug-likeness (QED) is 0.128. The van der Waals surface area contributed by atoms with Gasteiger partial charge in [0.05, 0.1) is 29.3 Å². The number of carbonyl (C=O) groups excluding carboxylic acids is 2. The number of nitrogens with one attached hydrogen (secondary N) is 2. The highest BCUT2D eigenvalue weighted by Gasteiger charge is 2.24. The van der Waals surface area contributed by atoms with Gasteiger partial charge in [-0.2, -0.15) is 0 Å². The van der Waals surface area contributed by atoms with Crippen molar-refractivity contribution in [2.24, 2.45) is 0 Å². The average Bonchev–Trinajstić information content (AvgIpc) is 3.08. The number of hydrogen-bond donors (Lipinski definition) is 2. The van der Waals surface area contributed by atoms with Crippen molar-refractivity contribution < 1.29 is 19.2 Å². The van der Waals surface area contributed by atoms with Crippen LogP contribution in [0, 0.1) is 10.1 Å². The van der Waals surface area contributed by atoms with E-state index in [2.05, 4.69) is 20.4 Å². The first-order chi connectivity index (χ1) is 21.8. The van der Waals surface area contributed by atoms with E-state index in [9.17, 15) is 19.7 Å². The van der Waals surface area contributed by atoms with Crippen molar-refractivity contribution in [3.63, 3.8) is 0 Å².